The molecule has 0 amide bonds. The first kappa shape index (κ1) is 23.8. The lowest BCUT2D eigenvalue weighted by atomic mass is 10.1. The molecule has 2 aliphatic rings. The highest BCUT2D eigenvalue weighted by atomic mass is 16.2. The van der Waals surface area contributed by atoms with E-state index >= 15 is 0 Å². The lowest BCUT2D eigenvalue weighted by molar-refractivity contribution is 0.870. The van der Waals surface area contributed by atoms with E-state index in [0.29, 0.717) is 24.6 Å². The smallest absolute Gasteiger partial charge is 0.253 e. The highest BCUT2D eigenvalue weighted by Crippen LogP contribution is 2.26. The van der Waals surface area contributed by atoms with Crippen LogP contribution in [-0.2, 0) is 0 Å². The van der Waals surface area contributed by atoms with Crippen LogP contribution in [0.1, 0.15) is 25.7 Å². The normalized spacial score (nSPS) is 15.4. The van der Waals surface area contributed by atoms with Crippen LogP contribution in [0.3, 0.4) is 0 Å². The van der Waals surface area contributed by atoms with Gasteiger partial charge in [0.1, 0.15) is 23.0 Å². The number of hydrogen-bond acceptors (Lipinski definition) is 12. The topological polar surface area (TPSA) is 157 Å². The molecule has 4 aromatic rings. The molecule has 13 nitrogen and oxygen atoms in total. The van der Waals surface area contributed by atoms with E-state index in [9.17, 15) is 9.59 Å². The summed E-state index contributed by atoms with van der Waals surface area (Å²) in [5.74, 6) is 2.91. The maximum Gasteiger partial charge on any atom is 0.253 e. The monoisotopic (exact) mass is 515 g/mol. The molecule has 2 saturated heterocycles. The van der Waals surface area contributed by atoms with Gasteiger partial charge in [-0.3, -0.25) is 9.59 Å². The fourth-order valence-electron chi connectivity index (χ4n) is 4.90. The van der Waals surface area contributed by atoms with Gasteiger partial charge in [-0.1, -0.05) is 12.1 Å². The molecule has 4 N–H and O–H groups in total. The zero-order valence-corrected chi connectivity index (χ0v) is 20.9. The second-order valence-corrected chi connectivity index (χ2v) is 9.50. The molecule has 2 aliphatic heterocycles. The average Bonchev–Trinajstić information content (AvgIpc) is 3.76. The second kappa shape index (κ2) is 10.4. The van der Waals surface area contributed by atoms with Gasteiger partial charge in [0.2, 0.25) is 11.8 Å². The first-order valence-electron chi connectivity index (χ1n) is 13.0. The third-order valence-electron chi connectivity index (χ3n) is 6.90. The van der Waals surface area contributed by atoms with Gasteiger partial charge in [-0.2, -0.15) is 15.2 Å². The van der Waals surface area contributed by atoms with Crippen molar-refractivity contribution < 1.29 is 0 Å². The van der Waals surface area contributed by atoms with Crippen molar-refractivity contribution in [1.82, 2.24) is 30.6 Å². The summed E-state index contributed by atoms with van der Waals surface area (Å²) in [6.07, 6.45) is 4.66. The fourth-order valence-corrected chi connectivity index (χ4v) is 4.90. The van der Waals surface area contributed by atoms with Gasteiger partial charge in [0, 0.05) is 56.6 Å². The van der Waals surface area contributed by atoms with Crippen LogP contribution in [0.4, 0.5) is 34.6 Å². The third kappa shape index (κ3) is 4.86. The van der Waals surface area contributed by atoms with Crippen LogP contribution >= 0.6 is 0 Å². The highest BCUT2D eigenvalue weighted by molar-refractivity contribution is 5.79. The largest absolute Gasteiger partial charge is 0.378 e. The number of tetrazole rings is 1. The summed E-state index contributed by atoms with van der Waals surface area (Å²) in [5.41, 5.74) is 0.816. The van der Waals surface area contributed by atoms with Crippen molar-refractivity contribution in [3.63, 3.8) is 0 Å². The van der Waals surface area contributed by atoms with Crippen LogP contribution in [0.15, 0.2) is 39.9 Å². The van der Waals surface area contributed by atoms with Gasteiger partial charge >= 0.3 is 0 Å². The fraction of sp³-hybridized carbons (Fsp3) is 0.400. The predicted octanol–water partition coefficient (Wildman–Crippen LogP) is 1.72. The molecule has 13 heteroatoms. The van der Waals surface area contributed by atoms with Crippen molar-refractivity contribution in [1.29, 1.82) is 0 Å². The van der Waals surface area contributed by atoms with Crippen LogP contribution in [0.25, 0.3) is 11.4 Å². The molecule has 4 heterocycles. The van der Waals surface area contributed by atoms with E-state index in [1.54, 1.807) is 12.1 Å². The first-order valence-corrected chi connectivity index (χ1v) is 13.0. The van der Waals surface area contributed by atoms with Crippen LogP contribution in [0.5, 0.6) is 0 Å². The third-order valence-corrected chi connectivity index (χ3v) is 6.90. The van der Waals surface area contributed by atoms with Gasteiger partial charge < -0.3 is 25.8 Å². The number of aromatic amines is 1. The van der Waals surface area contributed by atoms with Gasteiger partial charge in [0.25, 0.3) is 10.9 Å². The maximum absolute atomic E-state index is 12.3. The Bertz CT molecular complexity index is 1430. The van der Waals surface area contributed by atoms with E-state index in [1.165, 1.54) is 12.8 Å². The number of aromatic nitrogens is 6. The number of nitrogens with one attached hydrogen (secondary N) is 4. The lowest BCUT2D eigenvalue weighted by Crippen LogP contribution is -2.37. The van der Waals surface area contributed by atoms with Crippen molar-refractivity contribution in [3.05, 3.63) is 50.8 Å². The van der Waals surface area contributed by atoms with Gasteiger partial charge in [-0.15, -0.1) is 10.2 Å². The van der Waals surface area contributed by atoms with Gasteiger partial charge in [-0.05, 0) is 43.0 Å². The highest BCUT2D eigenvalue weighted by Gasteiger charge is 2.22. The molecule has 0 aliphatic carbocycles. The summed E-state index contributed by atoms with van der Waals surface area (Å²) >= 11 is 0. The minimum absolute atomic E-state index is 0.245. The molecule has 0 bridgehead atoms. The summed E-state index contributed by atoms with van der Waals surface area (Å²) in [4.78, 5) is 38.7. The summed E-state index contributed by atoms with van der Waals surface area (Å²) in [6, 6.07) is 9.23. The molecule has 0 radical (unpaired) electrons. The summed E-state index contributed by atoms with van der Waals surface area (Å²) in [7, 11) is 0. The Kier molecular flexibility index (Phi) is 6.54. The minimum atomic E-state index is -0.549. The summed E-state index contributed by atoms with van der Waals surface area (Å²) in [5, 5.41) is 23.4. The molecule has 2 aromatic heterocycles. The Morgan fingerprint density at radius 2 is 1.58 bits per heavy atom. The van der Waals surface area contributed by atoms with Crippen molar-refractivity contribution in [2.24, 2.45) is 0 Å². The number of benzene rings is 1. The molecule has 0 unspecified atom stereocenters. The molecule has 0 spiro atoms. The van der Waals surface area contributed by atoms with E-state index in [0.717, 1.165) is 62.2 Å². The van der Waals surface area contributed by atoms with Crippen molar-refractivity contribution >= 4 is 34.6 Å². The summed E-state index contributed by atoms with van der Waals surface area (Å²) < 4.78 is 0. The van der Waals surface area contributed by atoms with Crippen LogP contribution in [0.2, 0.25) is 0 Å². The number of rotatable bonds is 10. The van der Waals surface area contributed by atoms with Crippen LogP contribution in [0, 0.1) is 0 Å². The van der Waals surface area contributed by atoms with Crippen molar-refractivity contribution in [2.45, 2.75) is 25.7 Å². The number of H-pyrrole nitrogens is 1. The van der Waals surface area contributed by atoms with Crippen molar-refractivity contribution in [3.8, 4) is 11.4 Å². The molecule has 2 aromatic carbocycles. The molecular formula is C25H29N11O2. The maximum atomic E-state index is 12.3. The van der Waals surface area contributed by atoms with E-state index in [1.807, 2.05) is 18.2 Å². The average molecular weight is 516 g/mol. The number of nitrogens with zero attached hydrogens (tertiary/aromatic N) is 7. The quantitative estimate of drug-likeness (QED) is 0.179. The lowest BCUT2D eigenvalue weighted by Gasteiger charge is -2.22. The van der Waals surface area contributed by atoms with Crippen molar-refractivity contribution in [2.75, 3.05) is 65.0 Å². The summed E-state index contributed by atoms with van der Waals surface area (Å²) in [6.45, 7) is 4.92. The molecule has 196 valence electrons. The van der Waals surface area contributed by atoms with E-state index in [-0.39, 0.29) is 11.4 Å². The van der Waals surface area contributed by atoms with Crippen LogP contribution < -0.4 is 36.6 Å². The molecule has 2 fully saturated rings. The molecule has 0 saturated carbocycles. The van der Waals surface area contributed by atoms with E-state index < -0.39 is 10.9 Å². The standard InChI is InChI=1S/C25H29N11O2/c37-22-20(21(23(22)38)28-17-7-5-6-16(14-17)24-31-33-34-32-24)27-9-8-26-18-15-19(35-10-1-2-11-35)30-25(29-18)36-12-3-4-13-36/h5-7,14-15,27-28H,1-4,8-13H2,(H,26,29,30)(H,31,32,33,34). The predicted molar refractivity (Wildman–Crippen MR) is 146 cm³/mol. The molecule has 6 rings (SSSR count). The first-order chi connectivity index (χ1) is 18.7. The zero-order valence-electron chi connectivity index (χ0n) is 20.9. The minimum Gasteiger partial charge on any atom is -0.378 e. The Morgan fingerprint density at radius 1 is 0.842 bits per heavy atom. The Labute approximate surface area is 218 Å². The molecule has 0 atom stereocenters. The van der Waals surface area contributed by atoms with Gasteiger partial charge in [-0.25, -0.2) is 0 Å². The van der Waals surface area contributed by atoms with Gasteiger partial charge in [0.15, 0.2) is 0 Å². The Morgan fingerprint density at radius 3 is 2.34 bits per heavy atom. The Balaban J connectivity index is 1.10. The number of anilines is 6. The zero-order chi connectivity index (χ0) is 25.9. The molecule has 38 heavy (non-hydrogen) atoms. The Hall–Kier alpha value is -4.55. The second-order valence-electron chi connectivity index (χ2n) is 9.50. The van der Waals surface area contributed by atoms with E-state index in [4.69, 9.17) is 9.97 Å². The SMILES string of the molecule is O=c1c(NCCNc2cc(N3CCCC3)nc(N3CCCC3)n2)c(Nc2cccc(-c3nn[nH]n3)c2)c1=O. The molecular weight excluding hydrogens is 486 g/mol. The van der Waals surface area contributed by atoms with Crippen LogP contribution in [-0.4, -0.2) is 69.9 Å². The number of hydrogen-bond donors (Lipinski definition) is 4. The van der Waals surface area contributed by atoms with Gasteiger partial charge in [0.05, 0.1) is 0 Å². The van der Waals surface area contributed by atoms with E-state index in [2.05, 4.69) is 46.4 Å².